The van der Waals surface area contributed by atoms with Crippen LogP contribution in [0.5, 0.6) is 0 Å². The molecular weight excluding hydrogens is 310 g/mol. The Labute approximate surface area is 126 Å². The molecule has 1 aromatic carbocycles. The van der Waals surface area contributed by atoms with E-state index in [1.807, 2.05) is 6.92 Å². The number of rotatable bonds is 6. The first-order valence-electron chi connectivity index (χ1n) is 7.09. The lowest BCUT2D eigenvalue weighted by molar-refractivity contribution is 0.518. The van der Waals surface area contributed by atoms with Crippen LogP contribution >= 0.6 is 0 Å². The van der Waals surface area contributed by atoms with Gasteiger partial charge in [0.25, 0.3) is 0 Å². The molecule has 0 radical (unpaired) electrons. The van der Waals surface area contributed by atoms with Crippen molar-refractivity contribution in [3.8, 4) is 0 Å². The molecule has 1 aromatic rings. The van der Waals surface area contributed by atoms with E-state index in [1.54, 1.807) is 18.2 Å². The Hall–Kier alpha value is -0.920. The summed E-state index contributed by atoms with van der Waals surface area (Å²) in [4.78, 5) is 0.189. The van der Waals surface area contributed by atoms with Crippen molar-refractivity contribution in [2.45, 2.75) is 36.0 Å². The molecule has 5 nitrogen and oxygen atoms in total. The molecular formula is C14H21NO4S2. The average Bonchev–Trinajstić information content (AvgIpc) is 2.76. The predicted molar refractivity (Wildman–Crippen MR) is 82.8 cm³/mol. The van der Waals surface area contributed by atoms with Gasteiger partial charge in [0.2, 0.25) is 0 Å². The van der Waals surface area contributed by atoms with Crippen molar-refractivity contribution < 1.29 is 16.8 Å². The molecule has 118 valence electrons. The number of benzene rings is 1. The van der Waals surface area contributed by atoms with Crippen molar-refractivity contribution in [1.82, 2.24) is 5.32 Å². The van der Waals surface area contributed by atoms with Crippen LogP contribution in [0.2, 0.25) is 0 Å². The normalized spacial score (nSPS) is 25.0. The minimum absolute atomic E-state index is 0.104. The van der Waals surface area contributed by atoms with Crippen LogP contribution in [0.4, 0.5) is 0 Å². The van der Waals surface area contributed by atoms with Crippen molar-refractivity contribution in [3.05, 3.63) is 30.3 Å². The molecule has 1 fully saturated rings. The predicted octanol–water partition coefficient (Wildman–Crippen LogP) is 1.02. The Morgan fingerprint density at radius 2 is 1.86 bits per heavy atom. The molecule has 21 heavy (non-hydrogen) atoms. The Kier molecular flexibility index (Phi) is 5.06. The first kappa shape index (κ1) is 16.5. The lowest BCUT2D eigenvalue weighted by Crippen LogP contribution is -2.43. The Balaban J connectivity index is 2.26. The zero-order valence-corrected chi connectivity index (χ0v) is 13.7. The van der Waals surface area contributed by atoms with E-state index in [9.17, 15) is 16.8 Å². The summed E-state index contributed by atoms with van der Waals surface area (Å²) in [5, 5.41) is 2.20. The number of hydrogen-bond donors (Lipinski definition) is 1. The van der Waals surface area contributed by atoms with Crippen molar-refractivity contribution in [2.75, 3.05) is 18.1 Å². The third-order valence-corrected chi connectivity index (χ3v) is 7.87. The fourth-order valence-electron chi connectivity index (χ4n) is 2.56. The first-order valence-corrected chi connectivity index (χ1v) is 10.5. The van der Waals surface area contributed by atoms with E-state index in [0.717, 1.165) is 12.8 Å². The second-order valence-corrected chi connectivity index (χ2v) is 9.71. The monoisotopic (exact) mass is 331 g/mol. The zero-order valence-electron chi connectivity index (χ0n) is 12.0. The summed E-state index contributed by atoms with van der Waals surface area (Å²) < 4.78 is 49.0. The van der Waals surface area contributed by atoms with E-state index in [4.69, 9.17) is 0 Å². The number of hydrogen-bond acceptors (Lipinski definition) is 5. The van der Waals surface area contributed by atoms with E-state index >= 15 is 0 Å². The maximum absolute atomic E-state index is 12.7. The molecule has 0 unspecified atom stereocenters. The maximum Gasteiger partial charge on any atom is 0.183 e. The minimum Gasteiger partial charge on any atom is -0.312 e. The van der Waals surface area contributed by atoms with Crippen LogP contribution in [0.3, 0.4) is 0 Å². The fourth-order valence-corrected chi connectivity index (χ4v) is 7.30. The summed E-state index contributed by atoms with van der Waals surface area (Å²) in [5.41, 5.74) is 0. The average molecular weight is 331 g/mol. The molecule has 0 amide bonds. The summed E-state index contributed by atoms with van der Waals surface area (Å²) in [6, 6.07) is 7.55. The highest BCUT2D eigenvalue weighted by atomic mass is 32.2. The van der Waals surface area contributed by atoms with Crippen LogP contribution in [0.25, 0.3) is 0 Å². The van der Waals surface area contributed by atoms with Crippen LogP contribution in [0.1, 0.15) is 19.8 Å². The molecule has 2 rings (SSSR count). The van der Waals surface area contributed by atoms with Gasteiger partial charge in [0.1, 0.15) is 0 Å². The summed E-state index contributed by atoms with van der Waals surface area (Å²) >= 11 is 0. The number of sulfone groups is 2. The van der Waals surface area contributed by atoms with E-state index in [2.05, 4.69) is 5.32 Å². The Morgan fingerprint density at radius 1 is 1.19 bits per heavy atom. The zero-order chi connectivity index (χ0) is 15.5. The highest BCUT2D eigenvalue weighted by Gasteiger charge is 2.45. The molecule has 7 heteroatoms. The molecule has 0 spiro atoms. The van der Waals surface area contributed by atoms with Gasteiger partial charge in [-0.3, -0.25) is 0 Å². The van der Waals surface area contributed by atoms with Gasteiger partial charge in [0, 0.05) is 6.04 Å². The van der Waals surface area contributed by atoms with Crippen LogP contribution in [-0.4, -0.2) is 46.2 Å². The largest absolute Gasteiger partial charge is 0.312 e. The minimum atomic E-state index is -3.64. The second kappa shape index (κ2) is 6.46. The lowest BCUT2D eigenvalue weighted by Gasteiger charge is -2.19. The van der Waals surface area contributed by atoms with Gasteiger partial charge in [-0.25, -0.2) is 16.8 Å². The fraction of sp³-hybridized carbons (Fsp3) is 0.571. The molecule has 1 aliphatic rings. The number of nitrogens with one attached hydrogen (secondary N) is 1. The van der Waals surface area contributed by atoms with Crippen LogP contribution < -0.4 is 5.32 Å². The van der Waals surface area contributed by atoms with E-state index in [0.29, 0.717) is 6.54 Å². The molecule has 1 aliphatic heterocycles. The summed E-state index contributed by atoms with van der Waals surface area (Å²) in [7, 11) is -6.95. The Morgan fingerprint density at radius 3 is 2.48 bits per heavy atom. The van der Waals surface area contributed by atoms with E-state index < -0.39 is 31.0 Å². The van der Waals surface area contributed by atoms with Crippen LogP contribution in [-0.2, 0) is 19.7 Å². The topological polar surface area (TPSA) is 80.3 Å². The molecule has 1 N–H and O–H groups in total. The van der Waals surface area contributed by atoms with Crippen molar-refractivity contribution >= 4 is 19.7 Å². The quantitative estimate of drug-likeness (QED) is 0.787. The SMILES string of the molecule is CCCCN[C@@H]1CS(=O)(=O)C[C@H]1S(=O)(=O)c1ccccc1. The highest BCUT2D eigenvalue weighted by molar-refractivity contribution is 7.96. The van der Waals surface area contributed by atoms with Gasteiger partial charge in [-0.2, -0.15) is 0 Å². The lowest BCUT2D eigenvalue weighted by atomic mass is 10.2. The van der Waals surface area contributed by atoms with Crippen LogP contribution in [0, 0.1) is 0 Å². The second-order valence-electron chi connectivity index (χ2n) is 5.39. The highest BCUT2D eigenvalue weighted by Crippen LogP contribution is 2.25. The van der Waals surface area contributed by atoms with Crippen molar-refractivity contribution in [3.63, 3.8) is 0 Å². The smallest absolute Gasteiger partial charge is 0.183 e. The van der Waals surface area contributed by atoms with E-state index in [1.165, 1.54) is 12.1 Å². The van der Waals surface area contributed by atoms with Crippen molar-refractivity contribution in [1.29, 1.82) is 0 Å². The molecule has 1 heterocycles. The van der Waals surface area contributed by atoms with Crippen LogP contribution in [0.15, 0.2) is 35.2 Å². The molecule has 0 aliphatic carbocycles. The summed E-state index contributed by atoms with van der Waals surface area (Å²) in [6.45, 7) is 2.67. The number of unbranched alkanes of at least 4 members (excludes halogenated alkanes) is 1. The molecule has 0 bridgehead atoms. The molecule has 1 saturated heterocycles. The standard InChI is InChI=1S/C14H21NO4S2/c1-2-3-9-15-13-10-20(16,17)11-14(13)21(18,19)12-7-5-4-6-8-12/h4-8,13-15H,2-3,9-11H2,1H3/t13-,14-/m1/s1. The van der Waals surface area contributed by atoms with Gasteiger partial charge in [-0.15, -0.1) is 0 Å². The van der Waals surface area contributed by atoms with Gasteiger partial charge in [-0.1, -0.05) is 31.5 Å². The maximum atomic E-state index is 12.7. The van der Waals surface area contributed by atoms with Gasteiger partial charge < -0.3 is 5.32 Å². The molecule has 0 aromatic heterocycles. The van der Waals surface area contributed by atoms with Gasteiger partial charge in [0.15, 0.2) is 19.7 Å². The Bertz CT molecular complexity index is 668. The summed E-state index contributed by atoms with van der Waals surface area (Å²) in [6.07, 6.45) is 1.87. The van der Waals surface area contributed by atoms with Gasteiger partial charge >= 0.3 is 0 Å². The first-order chi connectivity index (χ1) is 9.87. The molecule has 0 saturated carbocycles. The van der Waals surface area contributed by atoms with E-state index in [-0.39, 0.29) is 16.4 Å². The van der Waals surface area contributed by atoms with Crippen molar-refractivity contribution in [2.24, 2.45) is 0 Å². The third kappa shape index (κ3) is 3.84. The van der Waals surface area contributed by atoms with Gasteiger partial charge in [-0.05, 0) is 25.1 Å². The summed E-state index contributed by atoms with van der Waals surface area (Å²) in [5.74, 6) is -0.401. The third-order valence-electron chi connectivity index (χ3n) is 3.71. The molecule has 2 atom stereocenters. The van der Waals surface area contributed by atoms with Gasteiger partial charge in [0.05, 0.1) is 21.7 Å².